The van der Waals surface area contributed by atoms with Crippen LogP contribution in [-0.2, 0) is 16.0 Å². The third-order valence-electron chi connectivity index (χ3n) is 3.30. The fourth-order valence-corrected chi connectivity index (χ4v) is 2.35. The van der Waals surface area contributed by atoms with E-state index in [9.17, 15) is 9.59 Å². The van der Waals surface area contributed by atoms with Crippen LogP contribution in [0.5, 0.6) is 0 Å². The zero-order valence-corrected chi connectivity index (χ0v) is 11.4. The number of nitrogens with zero attached hydrogens (tertiary/aromatic N) is 2. The third-order valence-corrected chi connectivity index (χ3v) is 3.30. The van der Waals surface area contributed by atoms with Crippen LogP contribution in [-0.4, -0.2) is 36.3 Å². The molecule has 0 unspecified atom stereocenters. The van der Waals surface area contributed by atoms with Crippen molar-refractivity contribution in [3.63, 3.8) is 0 Å². The molecule has 0 aliphatic carbocycles. The standard InChI is InChI=1S/C16H18N2O2/c1-3-10-17(11-4-2)15(19)16(20)18-12-9-13-7-5-6-8-14(13)18/h3-8H,1-2,9-12H2. The Morgan fingerprint density at radius 3 is 2.50 bits per heavy atom. The Kier molecular flexibility index (Phi) is 4.35. The number of hydrogen-bond donors (Lipinski definition) is 0. The van der Waals surface area contributed by atoms with Crippen molar-refractivity contribution in [3.8, 4) is 0 Å². The minimum absolute atomic E-state index is 0.339. The van der Waals surface area contributed by atoms with Crippen LogP contribution in [0, 0.1) is 0 Å². The molecule has 0 atom stereocenters. The van der Waals surface area contributed by atoms with Crippen LogP contribution in [0.2, 0.25) is 0 Å². The van der Waals surface area contributed by atoms with Crippen molar-refractivity contribution >= 4 is 17.5 Å². The van der Waals surface area contributed by atoms with Gasteiger partial charge >= 0.3 is 11.8 Å². The Balaban J connectivity index is 2.17. The molecule has 2 rings (SSSR count). The maximum atomic E-state index is 12.4. The molecule has 1 aliphatic rings. The zero-order chi connectivity index (χ0) is 14.5. The number of hydrogen-bond acceptors (Lipinski definition) is 2. The summed E-state index contributed by atoms with van der Waals surface area (Å²) in [6, 6.07) is 7.67. The number of para-hydroxylation sites is 1. The van der Waals surface area contributed by atoms with Crippen molar-refractivity contribution in [2.75, 3.05) is 24.5 Å². The van der Waals surface area contributed by atoms with E-state index in [4.69, 9.17) is 0 Å². The predicted molar refractivity (Wildman–Crippen MR) is 79.5 cm³/mol. The maximum absolute atomic E-state index is 12.4. The second-order valence-corrected chi connectivity index (χ2v) is 4.62. The topological polar surface area (TPSA) is 40.6 Å². The summed E-state index contributed by atoms with van der Waals surface area (Å²) in [6.45, 7) is 8.44. The van der Waals surface area contributed by atoms with Gasteiger partial charge in [-0.25, -0.2) is 0 Å². The van der Waals surface area contributed by atoms with Gasteiger partial charge in [-0.3, -0.25) is 9.59 Å². The highest BCUT2D eigenvalue weighted by Crippen LogP contribution is 2.27. The van der Waals surface area contributed by atoms with E-state index in [2.05, 4.69) is 13.2 Å². The fraction of sp³-hybridized carbons (Fsp3) is 0.250. The first-order valence-corrected chi connectivity index (χ1v) is 6.59. The Bertz CT molecular complexity index is 541. The first kappa shape index (κ1) is 14.1. The van der Waals surface area contributed by atoms with E-state index in [1.807, 2.05) is 24.3 Å². The second-order valence-electron chi connectivity index (χ2n) is 4.62. The highest BCUT2D eigenvalue weighted by Gasteiger charge is 2.31. The van der Waals surface area contributed by atoms with Gasteiger partial charge in [-0.2, -0.15) is 0 Å². The van der Waals surface area contributed by atoms with Gasteiger partial charge in [0.05, 0.1) is 0 Å². The van der Waals surface area contributed by atoms with Crippen LogP contribution in [0.1, 0.15) is 5.56 Å². The van der Waals surface area contributed by atoms with Gasteiger partial charge in [-0.05, 0) is 18.1 Å². The lowest BCUT2D eigenvalue weighted by atomic mass is 10.2. The average Bonchev–Trinajstić information content (AvgIpc) is 2.89. The summed E-state index contributed by atoms with van der Waals surface area (Å²) >= 11 is 0. The molecule has 1 heterocycles. The molecule has 1 aliphatic heterocycles. The zero-order valence-electron chi connectivity index (χ0n) is 11.4. The lowest BCUT2D eigenvalue weighted by molar-refractivity contribution is -0.143. The van der Waals surface area contributed by atoms with Crippen molar-refractivity contribution in [2.24, 2.45) is 0 Å². The van der Waals surface area contributed by atoms with Crippen LogP contribution >= 0.6 is 0 Å². The highest BCUT2D eigenvalue weighted by atomic mass is 16.2. The van der Waals surface area contributed by atoms with Crippen molar-refractivity contribution in [2.45, 2.75) is 6.42 Å². The predicted octanol–water partition coefficient (Wildman–Crippen LogP) is 1.78. The molecule has 0 N–H and O–H groups in total. The van der Waals surface area contributed by atoms with Gasteiger partial charge in [-0.1, -0.05) is 30.4 Å². The normalized spacial score (nSPS) is 12.7. The average molecular weight is 270 g/mol. The summed E-state index contributed by atoms with van der Waals surface area (Å²) in [5.74, 6) is -1.000. The summed E-state index contributed by atoms with van der Waals surface area (Å²) in [6.07, 6.45) is 4.00. The van der Waals surface area contributed by atoms with Crippen LogP contribution in [0.3, 0.4) is 0 Å². The van der Waals surface area contributed by atoms with Crippen molar-refractivity contribution in [3.05, 3.63) is 55.1 Å². The van der Waals surface area contributed by atoms with E-state index >= 15 is 0 Å². The SMILES string of the molecule is C=CCN(CC=C)C(=O)C(=O)N1CCc2ccccc21. The van der Waals surface area contributed by atoms with Crippen LogP contribution < -0.4 is 4.90 Å². The Labute approximate surface area is 119 Å². The number of amides is 2. The summed E-state index contributed by atoms with van der Waals surface area (Å²) < 4.78 is 0. The molecule has 0 bridgehead atoms. The van der Waals surface area contributed by atoms with E-state index in [-0.39, 0.29) is 0 Å². The molecule has 4 heteroatoms. The monoisotopic (exact) mass is 270 g/mol. The number of fused-ring (bicyclic) bond motifs is 1. The minimum Gasteiger partial charge on any atom is -0.327 e. The van der Waals surface area contributed by atoms with Crippen LogP contribution in [0.25, 0.3) is 0 Å². The Hall–Kier alpha value is -2.36. The van der Waals surface area contributed by atoms with E-state index in [1.165, 1.54) is 4.90 Å². The summed E-state index contributed by atoms with van der Waals surface area (Å²) in [7, 11) is 0. The van der Waals surface area contributed by atoms with Crippen molar-refractivity contribution in [1.29, 1.82) is 0 Å². The number of anilines is 1. The number of benzene rings is 1. The molecule has 0 fully saturated rings. The first-order valence-electron chi connectivity index (χ1n) is 6.59. The van der Waals surface area contributed by atoms with E-state index in [0.717, 1.165) is 17.7 Å². The van der Waals surface area contributed by atoms with E-state index in [0.29, 0.717) is 19.6 Å². The molecular formula is C16H18N2O2. The molecule has 0 saturated heterocycles. The van der Waals surface area contributed by atoms with Gasteiger partial charge in [0.25, 0.3) is 0 Å². The summed E-state index contributed by atoms with van der Waals surface area (Å²) in [5.41, 5.74) is 1.94. The second kappa shape index (κ2) is 6.19. The lowest BCUT2D eigenvalue weighted by Gasteiger charge is -2.23. The van der Waals surface area contributed by atoms with Gasteiger partial charge < -0.3 is 9.80 Å². The Morgan fingerprint density at radius 2 is 1.85 bits per heavy atom. The molecule has 0 aromatic heterocycles. The first-order chi connectivity index (χ1) is 9.69. The molecule has 0 radical (unpaired) electrons. The largest absolute Gasteiger partial charge is 0.327 e. The van der Waals surface area contributed by atoms with E-state index < -0.39 is 11.8 Å². The van der Waals surface area contributed by atoms with E-state index in [1.54, 1.807) is 17.1 Å². The molecule has 4 nitrogen and oxygen atoms in total. The smallest absolute Gasteiger partial charge is 0.316 e. The fourth-order valence-electron chi connectivity index (χ4n) is 2.35. The molecule has 1 aromatic carbocycles. The molecular weight excluding hydrogens is 252 g/mol. The molecule has 104 valence electrons. The minimum atomic E-state index is -0.512. The molecule has 0 saturated carbocycles. The molecule has 1 aromatic rings. The molecule has 0 spiro atoms. The Morgan fingerprint density at radius 1 is 1.20 bits per heavy atom. The van der Waals surface area contributed by atoms with Crippen molar-refractivity contribution < 1.29 is 9.59 Å². The summed E-state index contributed by atoms with van der Waals surface area (Å²) in [4.78, 5) is 27.6. The molecule has 2 amide bonds. The van der Waals surface area contributed by atoms with Gasteiger partial charge in [0.15, 0.2) is 0 Å². The number of rotatable bonds is 4. The molecule has 20 heavy (non-hydrogen) atoms. The van der Waals surface area contributed by atoms with Crippen LogP contribution in [0.4, 0.5) is 5.69 Å². The number of carbonyl (C=O) groups excluding carboxylic acids is 2. The van der Waals surface area contributed by atoms with Gasteiger partial charge in [-0.15, -0.1) is 13.2 Å². The van der Waals surface area contributed by atoms with Gasteiger partial charge in [0.2, 0.25) is 0 Å². The van der Waals surface area contributed by atoms with Crippen LogP contribution in [0.15, 0.2) is 49.6 Å². The number of carbonyl (C=O) groups is 2. The third kappa shape index (κ3) is 2.64. The van der Waals surface area contributed by atoms with Gasteiger partial charge in [0.1, 0.15) is 0 Å². The lowest BCUT2D eigenvalue weighted by Crippen LogP contribution is -2.45. The quantitative estimate of drug-likeness (QED) is 0.618. The van der Waals surface area contributed by atoms with Crippen molar-refractivity contribution in [1.82, 2.24) is 4.90 Å². The highest BCUT2D eigenvalue weighted by molar-refractivity contribution is 6.40. The van der Waals surface area contributed by atoms with Gasteiger partial charge in [0, 0.05) is 25.3 Å². The summed E-state index contributed by atoms with van der Waals surface area (Å²) in [5, 5.41) is 0. The maximum Gasteiger partial charge on any atom is 0.316 e.